The van der Waals surface area contributed by atoms with Gasteiger partial charge in [0.15, 0.2) is 0 Å². The van der Waals surface area contributed by atoms with E-state index in [-0.39, 0.29) is 25.8 Å². The van der Waals surface area contributed by atoms with Crippen LogP contribution in [0.4, 0.5) is 5.69 Å². The van der Waals surface area contributed by atoms with Gasteiger partial charge < -0.3 is 0 Å². The van der Waals surface area contributed by atoms with Crippen LogP contribution in [0.3, 0.4) is 0 Å². The zero-order valence-corrected chi connectivity index (χ0v) is 9.58. The maximum absolute atomic E-state index is 8.30. The molecular weight excluding hydrogens is 270 g/mol. The van der Waals surface area contributed by atoms with Gasteiger partial charge in [-0.25, -0.2) is 4.99 Å². The summed E-state index contributed by atoms with van der Waals surface area (Å²) >= 11 is 23.1. The fourth-order valence-electron chi connectivity index (χ4n) is 0.767. The van der Waals surface area contributed by atoms with Gasteiger partial charge in [-0.05, 0) is 6.07 Å². The third-order valence-corrected chi connectivity index (χ3v) is 2.89. The molecule has 1 aromatic rings. The summed E-state index contributed by atoms with van der Waals surface area (Å²) in [6.07, 6.45) is 1.000. The molecule has 0 amide bonds. The summed E-state index contributed by atoms with van der Waals surface area (Å²) in [6.45, 7) is 0. The van der Waals surface area contributed by atoms with Gasteiger partial charge in [-0.2, -0.15) is 0 Å². The molecule has 0 spiro atoms. The number of aliphatic imine (C=N–C) groups is 1. The average molecular weight is 274 g/mol. The molecule has 7 heteroatoms. The molecule has 3 nitrogen and oxygen atoms in total. The highest BCUT2D eigenvalue weighted by Gasteiger charge is 2.12. The minimum atomic E-state index is 0.174. The number of rotatable bonds is 2. The summed E-state index contributed by atoms with van der Waals surface area (Å²) in [4.78, 5) is 3.73. The highest BCUT2D eigenvalue weighted by atomic mass is 35.5. The Morgan fingerprint density at radius 3 is 2.07 bits per heavy atom. The number of nitrogens with zero attached hydrogens (tertiary/aromatic N) is 1. The van der Waals surface area contributed by atoms with E-state index in [0.29, 0.717) is 0 Å². The van der Waals surface area contributed by atoms with Crippen LogP contribution in [0.25, 0.3) is 0 Å². The molecule has 0 aliphatic carbocycles. The van der Waals surface area contributed by atoms with Gasteiger partial charge in [-0.3, -0.25) is 10.7 Å². The molecule has 1 aromatic carbocycles. The van der Waals surface area contributed by atoms with Gasteiger partial charge in [-0.15, -0.1) is 0 Å². The summed E-state index contributed by atoms with van der Waals surface area (Å²) in [5.41, 5.74) is 1.92. The maximum atomic E-state index is 8.30. The van der Waals surface area contributed by atoms with Crippen LogP contribution in [0.2, 0.25) is 20.1 Å². The Kier molecular flexibility index (Phi) is 4.29. The largest absolute Gasteiger partial charge is 0.290 e. The van der Waals surface area contributed by atoms with Crippen molar-refractivity contribution in [2.75, 3.05) is 0 Å². The third-order valence-electron chi connectivity index (χ3n) is 1.34. The molecule has 0 heterocycles. The maximum Gasteiger partial charge on any atom is 0.113 e. The Hall–Kier alpha value is -0.190. The van der Waals surface area contributed by atoms with E-state index in [1.807, 2.05) is 0 Å². The molecule has 1 rings (SSSR count). The number of nitrogens with one attached hydrogen (secondary N) is 1. The van der Waals surface area contributed by atoms with Crippen molar-refractivity contribution in [1.82, 2.24) is 5.48 Å². The molecule has 0 aromatic heterocycles. The molecule has 0 aliphatic heterocycles. The van der Waals surface area contributed by atoms with Crippen molar-refractivity contribution in [2.24, 2.45) is 4.99 Å². The number of hydroxylamine groups is 1. The molecule has 0 radical (unpaired) electrons. The third kappa shape index (κ3) is 2.43. The summed E-state index contributed by atoms with van der Waals surface area (Å²) in [7, 11) is 0. The SMILES string of the molecule is ONC=Nc1c(Cl)c(Cl)cc(Cl)c1Cl. The van der Waals surface area contributed by atoms with Crippen LogP contribution < -0.4 is 5.48 Å². The van der Waals surface area contributed by atoms with Crippen LogP contribution in [-0.4, -0.2) is 11.5 Å². The lowest BCUT2D eigenvalue weighted by molar-refractivity contribution is 0.240. The van der Waals surface area contributed by atoms with E-state index in [4.69, 9.17) is 51.6 Å². The van der Waals surface area contributed by atoms with Crippen LogP contribution in [0, 0.1) is 0 Å². The molecule has 0 bridgehead atoms. The Bertz CT molecular complexity index is 354. The summed E-state index contributed by atoms with van der Waals surface area (Å²) in [5.74, 6) is 0. The smallest absolute Gasteiger partial charge is 0.113 e. The molecule has 0 aliphatic rings. The first kappa shape index (κ1) is 11.9. The van der Waals surface area contributed by atoms with Crippen molar-refractivity contribution >= 4 is 58.4 Å². The minimum absolute atomic E-state index is 0.174. The highest BCUT2D eigenvalue weighted by Crippen LogP contribution is 2.42. The average Bonchev–Trinajstić information content (AvgIpc) is 2.15. The van der Waals surface area contributed by atoms with Crippen LogP contribution in [0.15, 0.2) is 11.1 Å². The second-order valence-electron chi connectivity index (χ2n) is 2.20. The van der Waals surface area contributed by atoms with Crippen LogP contribution in [-0.2, 0) is 0 Å². The molecule has 14 heavy (non-hydrogen) atoms. The summed E-state index contributed by atoms with van der Waals surface area (Å²) in [6, 6.07) is 1.42. The van der Waals surface area contributed by atoms with E-state index < -0.39 is 0 Å². The van der Waals surface area contributed by atoms with Crippen molar-refractivity contribution in [3.05, 3.63) is 26.2 Å². The first-order valence-electron chi connectivity index (χ1n) is 3.33. The van der Waals surface area contributed by atoms with Crippen molar-refractivity contribution in [3.8, 4) is 0 Å². The fraction of sp³-hybridized carbons (Fsp3) is 0. The molecule has 0 atom stereocenters. The summed E-state index contributed by atoms with van der Waals surface area (Å²) < 4.78 is 0. The van der Waals surface area contributed by atoms with E-state index in [1.165, 1.54) is 6.07 Å². The molecule has 2 N–H and O–H groups in total. The molecule has 0 fully saturated rings. The van der Waals surface area contributed by atoms with E-state index in [1.54, 1.807) is 5.48 Å². The van der Waals surface area contributed by atoms with Gasteiger partial charge >= 0.3 is 0 Å². The Balaban J connectivity index is 3.32. The molecular formula is C7H4Cl4N2O. The number of halogens is 4. The van der Waals surface area contributed by atoms with E-state index >= 15 is 0 Å². The first-order valence-corrected chi connectivity index (χ1v) is 4.84. The number of hydrogen-bond donors (Lipinski definition) is 2. The minimum Gasteiger partial charge on any atom is -0.290 e. The second-order valence-corrected chi connectivity index (χ2v) is 3.77. The van der Waals surface area contributed by atoms with Gasteiger partial charge in [0, 0.05) is 0 Å². The Morgan fingerprint density at radius 2 is 1.64 bits per heavy atom. The standard InChI is InChI=1S/C7H4Cl4N2O/c8-3-1-4(9)6(11)7(5(3)10)12-2-13-14/h1-2,14H,(H,12,13). The Morgan fingerprint density at radius 1 is 1.14 bits per heavy atom. The predicted octanol–water partition coefficient (Wildman–Crippen LogP) is 3.94. The van der Waals surface area contributed by atoms with Crippen molar-refractivity contribution in [1.29, 1.82) is 0 Å². The van der Waals surface area contributed by atoms with Gasteiger partial charge in [0.05, 0.1) is 20.1 Å². The predicted molar refractivity (Wildman–Crippen MR) is 59.6 cm³/mol. The number of benzene rings is 1. The van der Waals surface area contributed by atoms with E-state index in [0.717, 1.165) is 6.34 Å². The number of hydrogen-bond acceptors (Lipinski definition) is 2. The van der Waals surface area contributed by atoms with E-state index in [9.17, 15) is 0 Å². The lowest BCUT2D eigenvalue weighted by Gasteiger charge is -2.04. The normalized spacial score (nSPS) is 10.9. The fourth-order valence-corrected chi connectivity index (χ4v) is 1.66. The van der Waals surface area contributed by atoms with Crippen molar-refractivity contribution in [3.63, 3.8) is 0 Å². The van der Waals surface area contributed by atoms with Gasteiger partial charge in [0.25, 0.3) is 0 Å². The van der Waals surface area contributed by atoms with Gasteiger partial charge in [0.1, 0.15) is 12.0 Å². The molecule has 0 unspecified atom stereocenters. The highest BCUT2D eigenvalue weighted by molar-refractivity contribution is 6.49. The molecule has 0 saturated carbocycles. The quantitative estimate of drug-likeness (QED) is 0.371. The Labute approximate surface area is 100 Å². The lowest BCUT2D eigenvalue weighted by Crippen LogP contribution is -2.01. The van der Waals surface area contributed by atoms with Gasteiger partial charge in [0.2, 0.25) is 0 Å². The van der Waals surface area contributed by atoms with Crippen LogP contribution >= 0.6 is 46.4 Å². The van der Waals surface area contributed by atoms with Gasteiger partial charge in [-0.1, -0.05) is 46.4 Å². The first-order chi connectivity index (χ1) is 6.57. The lowest BCUT2D eigenvalue weighted by atomic mass is 10.3. The van der Waals surface area contributed by atoms with Crippen LogP contribution in [0.5, 0.6) is 0 Å². The molecule has 0 saturated heterocycles. The summed E-state index contributed by atoms with van der Waals surface area (Å²) in [5, 5.41) is 9.13. The van der Waals surface area contributed by atoms with Crippen molar-refractivity contribution < 1.29 is 5.21 Å². The molecule has 76 valence electrons. The monoisotopic (exact) mass is 272 g/mol. The zero-order valence-electron chi connectivity index (χ0n) is 6.56. The van der Waals surface area contributed by atoms with Crippen LogP contribution in [0.1, 0.15) is 0 Å². The van der Waals surface area contributed by atoms with Crippen molar-refractivity contribution in [2.45, 2.75) is 0 Å². The zero-order chi connectivity index (χ0) is 10.7. The second kappa shape index (κ2) is 5.05. The van der Waals surface area contributed by atoms with E-state index in [2.05, 4.69) is 4.99 Å². The topological polar surface area (TPSA) is 44.6 Å².